The Hall–Kier alpha value is -6.21. The van der Waals surface area contributed by atoms with E-state index in [0.29, 0.717) is 5.57 Å². The normalized spacial score (nSPS) is 16.3. The lowest BCUT2D eigenvalue weighted by molar-refractivity contribution is -0.124. The van der Waals surface area contributed by atoms with Gasteiger partial charge in [0, 0.05) is 52.2 Å². The average Bonchev–Trinajstić information content (AvgIpc) is 3.94. The zero-order chi connectivity index (χ0) is 47.4. The molecule has 340 valence electrons. The minimum absolute atomic E-state index is 0.0129. The molecule has 1 atom stereocenters. The topological polar surface area (TPSA) is 289 Å². The number of imide groups is 3. The van der Waals surface area contributed by atoms with E-state index in [1.54, 1.807) is 17.1 Å². The van der Waals surface area contributed by atoms with E-state index in [2.05, 4.69) is 46.3 Å². The molecule has 2 fully saturated rings. The van der Waals surface area contributed by atoms with Gasteiger partial charge in [-0.1, -0.05) is 69.2 Å². The van der Waals surface area contributed by atoms with Crippen LogP contribution < -0.4 is 32.5 Å². The Balaban J connectivity index is 0.000000366. The van der Waals surface area contributed by atoms with Crippen molar-refractivity contribution in [3.63, 3.8) is 0 Å². The number of amides is 8. The summed E-state index contributed by atoms with van der Waals surface area (Å²) in [6.07, 6.45) is 6.23. The Morgan fingerprint density at radius 2 is 1.36 bits per heavy atom. The quantitative estimate of drug-likeness (QED) is 0.133. The minimum atomic E-state index is -0.385. The van der Waals surface area contributed by atoms with E-state index >= 15 is 0 Å². The minimum Gasteiger partial charge on any atom is -0.493 e. The van der Waals surface area contributed by atoms with Crippen LogP contribution in [0.4, 0.5) is 9.59 Å². The van der Waals surface area contributed by atoms with Gasteiger partial charge in [0.25, 0.3) is 23.3 Å². The van der Waals surface area contributed by atoms with Crippen LogP contribution in [0.15, 0.2) is 45.9 Å². The van der Waals surface area contributed by atoms with Crippen molar-refractivity contribution in [3.8, 4) is 5.88 Å². The highest BCUT2D eigenvalue weighted by Gasteiger charge is 2.34. The fourth-order valence-corrected chi connectivity index (χ4v) is 4.90. The van der Waals surface area contributed by atoms with Crippen LogP contribution in [0.2, 0.25) is 0 Å². The predicted molar refractivity (Wildman–Crippen MR) is 230 cm³/mol. The lowest BCUT2D eigenvalue weighted by atomic mass is 9.93. The number of nitrogens with zero attached hydrogens (tertiary/aromatic N) is 3. The van der Waals surface area contributed by atoms with Gasteiger partial charge in [-0.2, -0.15) is 0 Å². The molecule has 3 aliphatic heterocycles. The van der Waals surface area contributed by atoms with Crippen LogP contribution in [0.25, 0.3) is 0 Å². The number of nitrogens with one attached hydrogen (secondary N) is 8. The van der Waals surface area contributed by atoms with Crippen molar-refractivity contribution in [1.82, 2.24) is 55.9 Å². The van der Waals surface area contributed by atoms with E-state index < -0.39 is 0 Å². The van der Waals surface area contributed by atoms with Crippen LogP contribution in [0, 0.1) is 11.8 Å². The van der Waals surface area contributed by atoms with Crippen LogP contribution in [0.1, 0.15) is 122 Å². The lowest BCUT2D eigenvalue weighted by Crippen LogP contribution is -2.43. The summed E-state index contributed by atoms with van der Waals surface area (Å²) in [7, 11) is 0. The standard InChI is InChI=1S/C7H12N2O2.3C7H12N2O.C7H9NO2.C6H10N2O2/c1-7(2,3)9-4-5(10)8-6(9)11;1-7(2,3)6-8-4-5(10)9-6;1-7(2,3)5-4-8-6(10)9-5;1-7(2,3)9-5-4-6(10)8-9;1-4(2)5-3-6(9)8-7(5)10;1-3(2)4-5(9)8-6(10)7-4/h4H2,1-3H3,(H,8,10,11);4,10H,1-3H3,(H,8,9);4H,1-3H3,(H2,8,9,10);4-5H,1-3H3,(H,8,10);3-4H,1-2H3,(H,8,9,10);3-4H,1-2H3,(H2,7,8,9,10). The van der Waals surface area contributed by atoms with Crippen molar-refractivity contribution < 1.29 is 33.9 Å². The highest BCUT2D eigenvalue weighted by atomic mass is 16.3. The van der Waals surface area contributed by atoms with Crippen LogP contribution in [-0.4, -0.2) is 93.5 Å². The van der Waals surface area contributed by atoms with Crippen LogP contribution in [0.3, 0.4) is 0 Å². The summed E-state index contributed by atoms with van der Waals surface area (Å²) in [6, 6.07) is 0.504. The summed E-state index contributed by atoms with van der Waals surface area (Å²) in [5, 5.41) is 20.6. The Morgan fingerprint density at radius 3 is 1.56 bits per heavy atom. The molecule has 8 amide bonds. The summed E-state index contributed by atoms with van der Waals surface area (Å²) in [5.74, 6) is 0.242. The number of hydrogen-bond donors (Lipinski definition) is 9. The number of aromatic nitrogens is 6. The van der Waals surface area contributed by atoms with Crippen LogP contribution in [-0.2, 0) is 35.5 Å². The van der Waals surface area contributed by atoms with E-state index in [9.17, 15) is 38.4 Å². The maximum atomic E-state index is 11.0. The molecule has 3 aliphatic rings. The summed E-state index contributed by atoms with van der Waals surface area (Å²) in [5.41, 5.74) is 1.06. The Kier molecular flexibility index (Phi) is 18.5. The first kappa shape index (κ1) is 52.8. The molecule has 0 spiro atoms. The largest absolute Gasteiger partial charge is 0.493 e. The van der Waals surface area contributed by atoms with Crippen molar-refractivity contribution in [2.75, 3.05) is 6.54 Å². The molecule has 9 N–H and O–H groups in total. The number of imidazole rings is 2. The molecule has 0 radical (unpaired) electrons. The van der Waals surface area contributed by atoms with E-state index in [4.69, 9.17) is 5.11 Å². The molecule has 0 aliphatic carbocycles. The molecular weight excluding hydrogens is 791 g/mol. The summed E-state index contributed by atoms with van der Waals surface area (Å²) in [6.45, 7) is 31.7. The van der Waals surface area contributed by atoms with Gasteiger partial charge in [-0.15, -0.1) is 0 Å². The smallest absolute Gasteiger partial charge is 0.325 e. The Morgan fingerprint density at radius 1 is 0.770 bits per heavy atom. The van der Waals surface area contributed by atoms with E-state index in [-0.39, 0.29) is 99.2 Å². The van der Waals surface area contributed by atoms with E-state index in [1.165, 1.54) is 23.2 Å². The highest BCUT2D eigenvalue weighted by Crippen LogP contribution is 2.20. The van der Waals surface area contributed by atoms with Gasteiger partial charge >= 0.3 is 17.8 Å². The van der Waals surface area contributed by atoms with Crippen molar-refractivity contribution in [2.45, 2.75) is 139 Å². The molecule has 1 unspecified atom stereocenters. The number of urea groups is 2. The van der Waals surface area contributed by atoms with Gasteiger partial charge in [0.15, 0.2) is 0 Å². The third-order valence-corrected chi connectivity index (χ3v) is 8.49. The van der Waals surface area contributed by atoms with Gasteiger partial charge in [-0.3, -0.25) is 49.7 Å². The van der Waals surface area contributed by atoms with E-state index in [1.807, 2.05) is 111 Å². The van der Waals surface area contributed by atoms with Crippen molar-refractivity contribution >= 4 is 35.7 Å². The first-order valence-corrected chi connectivity index (χ1v) is 19.7. The SMILES string of the molecule is CC(C)(C)N1CC(=O)NC1=O.CC(C)(C)c1c[nH]c(=O)[nH]1.CC(C)(C)c1ncc(O)[nH]1.CC(C)(C)n1ccc(=O)[nH]1.CC(C)C1=CC(=O)NC1=O.CC(C)C1NC(=O)NC1=O. The zero-order valence-corrected chi connectivity index (χ0v) is 38.4. The second-order valence-corrected chi connectivity index (χ2v) is 19.0. The molecular formula is C41H67N11O9. The molecule has 0 bridgehead atoms. The first-order valence-electron chi connectivity index (χ1n) is 19.7. The van der Waals surface area contributed by atoms with E-state index in [0.717, 1.165) is 11.5 Å². The fraction of sp³-hybridized carbons (Fsp3) is 0.585. The van der Waals surface area contributed by atoms with Gasteiger partial charge in [-0.25, -0.2) is 19.4 Å². The molecule has 3 aromatic rings. The van der Waals surface area contributed by atoms with Crippen LogP contribution in [0.5, 0.6) is 5.88 Å². The molecule has 0 saturated carbocycles. The van der Waals surface area contributed by atoms with Crippen LogP contribution >= 0.6 is 0 Å². The number of carbonyl (C=O) groups excluding carboxylic acids is 6. The molecule has 20 nitrogen and oxygen atoms in total. The van der Waals surface area contributed by atoms with Gasteiger partial charge in [-0.05, 0) is 53.4 Å². The monoisotopic (exact) mass is 858 g/mol. The first-order chi connectivity index (χ1) is 27.6. The predicted octanol–water partition coefficient (Wildman–Crippen LogP) is 3.76. The number of H-pyrrole nitrogens is 4. The van der Waals surface area contributed by atoms with Gasteiger partial charge in [0.2, 0.25) is 11.8 Å². The van der Waals surface area contributed by atoms with Crippen molar-refractivity contribution in [1.29, 1.82) is 0 Å². The summed E-state index contributed by atoms with van der Waals surface area (Å²) >= 11 is 0. The third-order valence-electron chi connectivity index (χ3n) is 8.49. The van der Waals surface area contributed by atoms with Gasteiger partial charge in [0.05, 0.1) is 11.7 Å². The maximum absolute atomic E-state index is 11.0. The number of hydrogen-bond acceptors (Lipinski definition) is 10. The fourth-order valence-electron chi connectivity index (χ4n) is 4.90. The molecule has 0 aromatic carbocycles. The number of rotatable bonds is 2. The second kappa shape index (κ2) is 21.4. The lowest BCUT2D eigenvalue weighted by Gasteiger charge is -2.29. The molecule has 6 rings (SSSR count). The Bertz CT molecular complexity index is 2060. The van der Waals surface area contributed by atoms with Gasteiger partial charge < -0.3 is 30.3 Å². The van der Waals surface area contributed by atoms with Crippen molar-refractivity contribution in [2.24, 2.45) is 11.8 Å². The zero-order valence-electron chi connectivity index (χ0n) is 38.4. The maximum Gasteiger partial charge on any atom is 0.325 e. The third kappa shape index (κ3) is 18.3. The molecule has 20 heteroatoms. The molecule has 3 aromatic heterocycles. The van der Waals surface area contributed by atoms with Crippen molar-refractivity contribution in [3.05, 3.63) is 68.7 Å². The summed E-state index contributed by atoms with van der Waals surface area (Å²) in [4.78, 5) is 99.3. The number of aromatic amines is 4. The average molecular weight is 858 g/mol. The molecule has 6 heterocycles. The number of carbonyl (C=O) groups is 6. The molecule has 2 saturated heterocycles. The summed E-state index contributed by atoms with van der Waals surface area (Å²) < 4.78 is 1.79. The highest BCUT2D eigenvalue weighted by molar-refractivity contribution is 6.16. The molecule has 61 heavy (non-hydrogen) atoms. The second-order valence-electron chi connectivity index (χ2n) is 19.0. The number of aromatic hydroxyl groups is 1. The Labute approximate surface area is 356 Å². The van der Waals surface area contributed by atoms with Gasteiger partial charge in [0.1, 0.15) is 18.4 Å².